The molecule has 0 aliphatic rings. The van der Waals surface area contributed by atoms with Crippen LogP contribution in [0.3, 0.4) is 0 Å². The Morgan fingerprint density at radius 3 is 3.21 bits per heavy atom. The average molecular weight is 187 g/mol. The second kappa shape index (κ2) is 5.90. The molecular weight excluding hydrogens is 174 g/mol. The Bertz CT molecular complexity index is 350. The smallest absolute Gasteiger partial charge is 0.147 e. The van der Waals surface area contributed by atoms with Crippen LogP contribution in [0.15, 0.2) is 24.4 Å². The van der Waals surface area contributed by atoms with Crippen LogP contribution in [0.25, 0.3) is 6.08 Å². The molecule has 1 rings (SSSR count). The van der Waals surface area contributed by atoms with Gasteiger partial charge in [-0.1, -0.05) is 18.2 Å². The van der Waals surface area contributed by atoms with Gasteiger partial charge in [-0.15, -0.1) is 0 Å². The lowest BCUT2D eigenvalue weighted by atomic mass is 10.2. The van der Waals surface area contributed by atoms with Gasteiger partial charge in [0.1, 0.15) is 11.8 Å². The van der Waals surface area contributed by atoms with E-state index in [2.05, 4.69) is 16.4 Å². The largest absolute Gasteiger partial charge is 0.319 e. The first-order valence-corrected chi connectivity index (χ1v) is 4.54. The van der Waals surface area contributed by atoms with Crippen LogP contribution >= 0.6 is 0 Å². The van der Waals surface area contributed by atoms with E-state index in [1.54, 1.807) is 6.20 Å². The first kappa shape index (κ1) is 10.4. The van der Waals surface area contributed by atoms with Gasteiger partial charge in [0, 0.05) is 11.8 Å². The molecule has 1 N–H and O–H groups in total. The minimum absolute atomic E-state index is 0.480. The monoisotopic (exact) mass is 187 g/mol. The van der Waals surface area contributed by atoms with Crippen LogP contribution in [-0.2, 0) is 0 Å². The number of aromatic nitrogens is 1. The third-order valence-electron chi connectivity index (χ3n) is 1.80. The van der Waals surface area contributed by atoms with Crippen molar-refractivity contribution >= 4 is 6.08 Å². The molecule has 14 heavy (non-hydrogen) atoms. The highest BCUT2D eigenvalue weighted by molar-refractivity contribution is 5.54. The molecule has 0 saturated carbocycles. The number of pyridine rings is 1. The topological polar surface area (TPSA) is 48.7 Å². The summed E-state index contributed by atoms with van der Waals surface area (Å²) in [5.41, 5.74) is 1.36. The van der Waals surface area contributed by atoms with Gasteiger partial charge >= 0.3 is 0 Å². The summed E-state index contributed by atoms with van der Waals surface area (Å²) in [6.07, 6.45) is 6.55. The fourth-order valence-electron chi connectivity index (χ4n) is 1.08. The number of nitriles is 1. The van der Waals surface area contributed by atoms with Crippen LogP contribution in [0.4, 0.5) is 0 Å². The second-order valence-corrected chi connectivity index (χ2v) is 2.85. The molecule has 0 unspecified atom stereocenters. The van der Waals surface area contributed by atoms with E-state index < -0.39 is 0 Å². The molecule has 3 heteroatoms. The van der Waals surface area contributed by atoms with Gasteiger partial charge in [0.2, 0.25) is 0 Å². The van der Waals surface area contributed by atoms with Crippen molar-refractivity contribution in [2.45, 2.75) is 6.42 Å². The predicted octanol–water partition coefficient (Wildman–Crippen LogP) is 1.58. The maximum Gasteiger partial charge on any atom is 0.147 e. The van der Waals surface area contributed by atoms with Crippen molar-refractivity contribution in [1.29, 1.82) is 5.26 Å². The van der Waals surface area contributed by atoms with Gasteiger partial charge < -0.3 is 5.32 Å². The molecule has 0 aliphatic heterocycles. The molecule has 0 aliphatic carbocycles. The van der Waals surface area contributed by atoms with Crippen LogP contribution < -0.4 is 5.32 Å². The minimum atomic E-state index is 0.480. The Morgan fingerprint density at radius 2 is 2.50 bits per heavy atom. The summed E-state index contributed by atoms with van der Waals surface area (Å²) >= 11 is 0. The number of hydrogen-bond acceptors (Lipinski definition) is 3. The van der Waals surface area contributed by atoms with E-state index in [-0.39, 0.29) is 0 Å². The van der Waals surface area contributed by atoms with Crippen molar-refractivity contribution in [1.82, 2.24) is 10.3 Å². The number of hydrogen-bond donors (Lipinski definition) is 1. The van der Waals surface area contributed by atoms with Gasteiger partial charge in [-0.3, -0.25) is 0 Å². The van der Waals surface area contributed by atoms with Crippen molar-refractivity contribution in [3.8, 4) is 6.07 Å². The van der Waals surface area contributed by atoms with Gasteiger partial charge in [-0.25, -0.2) is 4.98 Å². The zero-order valence-electron chi connectivity index (χ0n) is 8.20. The molecule has 0 saturated heterocycles. The molecule has 0 radical (unpaired) electrons. The fraction of sp³-hybridized carbons (Fsp3) is 0.273. The van der Waals surface area contributed by atoms with E-state index >= 15 is 0 Å². The van der Waals surface area contributed by atoms with Crippen molar-refractivity contribution in [3.63, 3.8) is 0 Å². The Kier molecular flexibility index (Phi) is 4.39. The van der Waals surface area contributed by atoms with Gasteiger partial charge in [0.25, 0.3) is 0 Å². The molecule has 0 aromatic carbocycles. The van der Waals surface area contributed by atoms with Gasteiger partial charge in [0.15, 0.2) is 0 Å². The predicted molar refractivity (Wildman–Crippen MR) is 56.5 cm³/mol. The SMILES string of the molecule is CNCCC=Cc1cccnc1C#N. The third kappa shape index (κ3) is 3.00. The van der Waals surface area contributed by atoms with Crippen LogP contribution in [0.1, 0.15) is 17.7 Å². The molecule has 1 heterocycles. The highest BCUT2D eigenvalue weighted by Gasteiger charge is 1.96. The lowest BCUT2D eigenvalue weighted by Gasteiger charge is -1.95. The summed E-state index contributed by atoms with van der Waals surface area (Å²) < 4.78 is 0. The quantitative estimate of drug-likeness (QED) is 0.728. The van der Waals surface area contributed by atoms with Crippen molar-refractivity contribution in [2.75, 3.05) is 13.6 Å². The van der Waals surface area contributed by atoms with E-state index in [1.807, 2.05) is 31.3 Å². The summed E-state index contributed by atoms with van der Waals surface area (Å²) in [4.78, 5) is 3.97. The van der Waals surface area contributed by atoms with Crippen molar-refractivity contribution < 1.29 is 0 Å². The molecule has 0 bridgehead atoms. The standard InChI is InChI=1S/C11H13N3/c1-13-7-3-2-5-10-6-4-8-14-11(10)9-12/h2,4-6,8,13H,3,7H2,1H3. The Hall–Kier alpha value is -1.66. The molecular formula is C11H13N3. The zero-order chi connectivity index (χ0) is 10.2. The summed E-state index contributed by atoms with van der Waals surface area (Å²) in [6.45, 7) is 0.943. The first-order chi connectivity index (χ1) is 6.88. The molecule has 0 atom stereocenters. The molecule has 1 aromatic rings. The van der Waals surface area contributed by atoms with E-state index in [1.165, 1.54) is 0 Å². The lowest BCUT2D eigenvalue weighted by molar-refractivity contribution is 0.809. The molecule has 0 amide bonds. The normalized spacial score (nSPS) is 10.3. The molecule has 1 aromatic heterocycles. The van der Waals surface area contributed by atoms with Gasteiger partial charge in [0.05, 0.1) is 0 Å². The lowest BCUT2D eigenvalue weighted by Crippen LogP contribution is -2.05. The van der Waals surface area contributed by atoms with Gasteiger partial charge in [-0.05, 0) is 26.1 Å². The van der Waals surface area contributed by atoms with E-state index in [0.717, 1.165) is 18.5 Å². The zero-order valence-corrected chi connectivity index (χ0v) is 8.20. The molecule has 0 fully saturated rings. The number of nitrogens with zero attached hydrogens (tertiary/aromatic N) is 2. The van der Waals surface area contributed by atoms with E-state index in [9.17, 15) is 0 Å². The fourth-order valence-corrected chi connectivity index (χ4v) is 1.08. The molecule has 0 spiro atoms. The average Bonchev–Trinajstić information content (AvgIpc) is 2.25. The second-order valence-electron chi connectivity index (χ2n) is 2.85. The van der Waals surface area contributed by atoms with Gasteiger partial charge in [-0.2, -0.15) is 5.26 Å². The maximum absolute atomic E-state index is 8.76. The summed E-state index contributed by atoms with van der Waals surface area (Å²) in [5.74, 6) is 0. The Labute approximate surface area is 84.1 Å². The Morgan fingerprint density at radius 1 is 1.64 bits per heavy atom. The minimum Gasteiger partial charge on any atom is -0.319 e. The summed E-state index contributed by atoms with van der Waals surface area (Å²) in [5, 5.41) is 11.8. The molecule has 3 nitrogen and oxygen atoms in total. The highest BCUT2D eigenvalue weighted by Crippen LogP contribution is 2.06. The van der Waals surface area contributed by atoms with Crippen LogP contribution in [-0.4, -0.2) is 18.6 Å². The summed E-state index contributed by atoms with van der Waals surface area (Å²) in [6, 6.07) is 5.78. The highest BCUT2D eigenvalue weighted by atomic mass is 14.8. The molecule has 72 valence electrons. The first-order valence-electron chi connectivity index (χ1n) is 4.54. The van der Waals surface area contributed by atoms with E-state index in [4.69, 9.17) is 5.26 Å². The van der Waals surface area contributed by atoms with Crippen molar-refractivity contribution in [3.05, 3.63) is 35.7 Å². The maximum atomic E-state index is 8.76. The van der Waals surface area contributed by atoms with Crippen LogP contribution in [0.2, 0.25) is 0 Å². The number of rotatable bonds is 4. The van der Waals surface area contributed by atoms with Crippen LogP contribution in [0, 0.1) is 11.3 Å². The Balaban J connectivity index is 2.67. The number of nitrogens with one attached hydrogen (secondary N) is 1. The van der Waals surface area contributed by atoms with Crippen LogP contribution in [0.5, 0.6) is 0 Å². The third-order valence-corrected chi connectivity index (χ3v) is 1.80. The van der Waals surface area contributed by atoms with Crippen molar-refractivity contribution in [2.24, 2.45) is 0 Å². The van der Waals surface area contributed by atoms with E-state index in [0.29, 0.717) is 5.69 Å². The summed E-state index contributed by atoms with van der Waals surface area (Å²) in [7, 11) is 1.92.